The van der Waals surface area contributed by atoms with Gasteiger partial charge in [0.2, 0.25) is 5.91 Å². The Bertz CT molecular complexity index is 840. The zero-order chi connectivity index (χ0) is 16.4. The number of carbonyl (C=O) groups is 1. The van der Waals surface area contributed by atoms with Gasteiger partial charge in [0.1, 0.15) is 23.2 Å². The lowest BCUT2D eigenvalue weighted by Gasteiger charge is -2.16. The van der Waals surface area contributed by atoms with E-state index in [1.165, 1.54) is 12.1 Å². The third-order valence-corrected chi connectivity index (χ3v) is 3.87. The third-order valence-electron chi connectivity index (χ3n) is 3.87. The standard InChI is InChI=1S/C18H17FN2O2/c1-11-15(14-4-2-3-5-16(14)23-11)10-21-17(18(20)22)12-6-8-13(19)9-7-12/h2-9,17,21H,10H2,1H3,(H2,20,22). The molecule has 4 nitrogen and oxygen atoms in total. The summed E-state index contributed by atoms with van der Waals surface area (Å²) in [5.41, 5.74) is 7.89. The number of amides is 1. The summed E-state index contributed by atoms with van der Waals surface area (Å²) in [6.45, 7) is 2.31. The molecule has 0 saturated heterocycles. The maximum Gasteiger partial charge on any atom is 0.239 e. The number of nitrogens with two attached hydrogens (primary N) is 1. The van der Waals surface area contributed by atoms with Crippen LogP contribution in [0.5, 0.6) is 0 Å². The lowest BCUT2D eigenvalue weighted by atomic mass is 10.1. The molecule has 0 aliphatic rings. The van der Waals surface area contributed by atoms with Crippen molar-refractivity contribution in [3.63, 3.8) is 0 Å². The summed E-state index contributed by atoms with van der Waals surface area (Å²) < 4.78 is 18.7. The first-order valence-corrected chi connectivity index (χ1v) is 7.31. The summed E-state index contributed by atoms with van der Waals surface area (Å²) in [4.78, 5) is 11.7. The summed E-state index contributed by atoms with van der Waals surface area (Å²) in [7, 11) is 0. The number of benzene rings is 2. The van der Waals surface area contributed by atoms with E-state index in [1.807, 2.05) is 31.2 Å². The minimum atomic E-state index is -0.691. The summed E-state index contributed by atoms with van der Waals surface area (Å²) in [6, 6.07) is 12.8. The molecule has 5 heteroatoms. The van der Waals surface area contributed by atoms with Crippen LogP contribution in [0.25, 0.3) is 11.0 Å². The van der Waals surface area contributed by atoms with Gasteiger partial charge in [-0.1, -0.05) is 30.3 Å². The van der Waals surface area contributed by atoms with Gasteiger partial charge in [-0.05, 0) is 30.7 Å². The van der Waals surface area contributed by atoms with Crippen LogP contribution in [0.2, 0.25) is 0 Å². The van der Waals surface area contributed by atoms with Crippen molar-refractivity contribution < 1.29 is 13.6 Å². The Hall–Kier alpha value is -2.66. The predicted octanol–water partition coefficient (Wildman–Crippen LogP) is 3.20. The molecule has 3 rings (SSSR count). The van der Waals surface area contributed by atoms with Crippen molar-refractivity contribution in [2.45, 2.75) is 19.5 Å². The Morgan fingerprint density at radius 2 is 1.91 bits per heavy atom. The van der Waals surface area contributed by atoms with Crippen LogP contribution < -0.4 is 11.1 Å². The zero-order valence-electron chi connectivity index (χ0n) is 12.7. The largest absolute Gasteiger partial charge is 0.461 e. The molecule has 1 unspecified atom stereocenters. The number of rotatable bonds is 5. The average molecular weight is 312 g/mol. The van der Waals surface area contributed by atoms with Crippen LogP contribution in [0.1, 0.15) is 22.9 Å². The van der Waals surface area contributed by atoms with Crippen molar-refractivity contribution >= 4 is 16.9 Å². The number of para-hydroxylation sites is 1. The van der Waals surface area contributed by atoms with Gasteiger partial charge < -0.3 is 10.2 Å². The quantitative estimate of drug-likeness (QED) is 0.760. The maximum atomic E-state index is 13.0. The number of halogens is 1. The average Bonchev–Trinajstić information content (AvgIpc) is 2.85. The number of aryl methyl sites for hydroxylation is 1. The summed E-state index contributed by atoms with van der Waals surface area (Å²) in [5.74, 6) is -0.0725. The molecule has 0 aliphatic carbocycles. The van der Waals surface area contributed by atoms with Crippen LogP contribution in [0.15, 0.2) is 52.9 Å². The number of furan rings is 1. The molecular weight excluding hydrogens is 295 g/mol. The van der Waals surface area contributed by atoms with Crippen LogP contribution >= 0.6 is 0 Å². The van der Waals surface area contributed by atoms with E-state index in [0.29, 0.717) is 12.1 Å². The summed E-state index contributed by atoms with van der Waals surface area (Å²) >= 11 is 0. The first-order chi connectivity index (χ1) is 11.1. The first kappa shape index (κ1) is 15.2. The predicted molar refractivity (Wildman–Crippen MR) is 86.1 cm³/mol. The molecule has 0 radical (unpaired) electrons. The second-order valence-electron chi connectivity index (χ2n) is 5.40. The molecule has 0 saturated carbocycles. The Morgan fingerprint density at radius 1 is 1.22 bits per heavy atom. The minimum absolute atomic E-state index is 0.353. The van der Waals surface area contributed by atoms with E-state index in [0.717, 1.165) is 22.3 Å². The molecular formula is C18H17FN2O2. The smallest absolute Gasteiger partial charge is 0.239 e. The Balaban J connectivity index is 1.85. The van der Waals surface area contributed by atoms with E-state index in [-0.39, 0.29) is 5.82 Å². The van der Waals surface area contributed by atoms with Crippen molar-refractivity contribution in [1.29, 1.82) is 0 Å². The van der Waals surface area contributed by atoms with E-state index in [1.54, 1.807) is 12.1 Å². The van der Waals surface area contributed by atoms with Crippen molar-refractivity contribution in [1.82, 2.24) is 5.32 Å². The molecule has 2 aromatic carbocycles. The highest BCUT2D eigenvalue weighted by molar-refractivity contribution is 5.83. The molecule has 0 aliphatic heterocycles. The van der Waals surface area contributed by atoms with Crippen molar-refractivity contribution in [2.75, 3.05) is 0 Å². The molecule has 0 fully saturated rings. The zero-order valence-corrected chi connectivity index (χ0v) is 12.7. The van der Waals surface area contributed by atoms with Gasteiger partial charge in [-0.2, -0.15) is 0 Å². The monoisotopic (exact) mass is 312 g/mol. The number of nitrogens with one attached hydrogen (secondary N) is 1. The van der Waals surface area contributed by atoms with Gasteiger partial charge in [0, 0.05) is 17.5 Å². The number of hydrogen-bond donors (Lipinski definition) is 2. The van der Waals surface area contributed by atoms with Crippen LogP contribution in [0.3, 0.4) is 0 Å². The Labute approximate surface area is 133 Å². The SMILES string of the molecule is Cc1oc2ccccc2c1CNC(C(N)=O)c1ccc(F)cc1. The normalized spacial score (nSPS) is 12.4. The topological polar surface area (TPSA) is 68.3 Å². The lowest BCUT2D eigenvalue weighted by Crippen LogP contribution is -2.33. The maximum absolute atomic E-state index is 13.0. The van der Waals surface area contributed by atoms with E-state index < -0.39 is 11.9 Å². The van der Waals surface area contributed by atoms with E-state index in [2.05, 4.69) is 5.32 Å². The second-order valence-corrected chi connectivity index (χ2v) is 5.40. The van der Waals surface area contributed by atoms with Crippen LogP contribution in [0, 0.1) is 12.7 Å². The van der Waals surface area contributed by atoms with Gasteiger partial charge in [-0.15, -0.1) is 0 Å². The molecule has 23 heavy (non-hydrogen) atoms. The van der Waals surface area contributed by atoms with Crippen LogP contribution in [0.4, 0.5) is 4.39 Å². The van der Waals surface area contributed by atoms with Crippen molar-refractivity contribution in [3.05, 3.63) is 71.2 Å². The molecule has 3 aromatic rings. The van der Waals surface area contributed by atoms with Gasteiger partial charge in [-0.25, -0.2) is 4.39 Å². The fraction of sp³-hybridized carbons (Fsp3) is 0.167. The van der Waals surface area contributed by atoms with Gasteiger partial charge in [0.05, 0.1) is 0 Å². The van der Waals surface area contributed by atoms with Gasteiger partial charge in [-0.3, -0.25) is 10.1 Å². The Kier molecular flexibility index (Phi) is 4.12. The fourth-order valence-electron chi connectivity index (χ4n) is 2.68. The van der Waals surface area contributed by atoms with Crippen LogP contribution in [-0.4, -0.2) is 5.91 Å². The van der Waals surface area contributed by atoms with E-state index in [4.69, 9.17) is 10.2 Å². The number of fused-ring (bicyclic) bond motifs is 1. The highest BCUT2D eigenvalue weighted by Crippen LogP contribution is 2.26. The lowest BCUT2D eigenvalue weighted by molar-refractivity contribution is -0.120. The minimum Gasteiger partial charge on any atom is -0.461 e. The molecule has 0 bridgehead atoms. The van der Waals surface area contributed by atoms with E-state index in [9.17, 15) is 9.18 Å². The van der Waals surface area contributed by atoms with Crippen LogP contribution in [-0.2, 0) is 11.3 Å². The molecule has 3 N–H and O–H groups in total. The number of hydrogen-bond acceptors (Lipinski definition) is 3. The summed E-state index contributed by atoms with van der Waals surface area (Å²) in [5, 5.41) is 4.13. The third kappa shape index (κ3) is 3.10. The fourth-order valence-corrected chi connectivity index (χ4v) is 2.68. The van der Waals surface area contributed by atoms with Crippen molar-refractivity contribution in [2.24, 2.45) is 5.73 Å². The highest BCUT2D eigenvalue weighted by atomic mass is 19.1. The first-order valence-electron chi connectivity index (χ1n) is 7.31. The molecule has 0 spiro atoms. The Morgan fingerprint density at radius 3 is 2.61 bits per heavy atom. The second kappa shape index (κ2) is 6.22. The van der Waals surface area contributed by atoms with Gasteiger partial charge in [0.15, 0.2) is 0 Å². The molecule has 1 atom stereocenters. The molecule has 1 heterocycles. The molecule has 118 valence electrons. The summed E-state index contributed by atoms with van der Waals surface area (Å²) in [6.07, 6.45) is 0. The van der Waals surface area contributed by atoms with Crippen molar-refractivity contribution in [3.8, 4) is 0 Å². The highest BCUT2D eigenvalue weighted by Gasteiger charge is 2.19. The van der Waals surface area contributed by atoms with Gasteiger partial charge in [0.25, 0.3) is 0 Å². The van der Waals surface area contributed by atoms with E-state index >= 15 is 0 Å². The van der Waals surface area contributed by atoms with Gasteiger partial charge >= 0.3 is 0 Å². The number of carbonyl (C=O) groups excluding carboxylic acids is 1. The molecule has 1 aromatic heterocycles. The number of primary amides is 1. The molecule has 1 amide bonds.